The molecule has 1 aromatic rings. The highest BCUT2D eigenvalue weighted by Gasteiger charge is 2.15. The molecule has 3 N–H and O–H groups in total. The number of ether oxygens (including phenoxy) is 1. The SMILES string of the molecule is COc1ncc(S(=O)(=O)NN)s1. The van der Waals surface area contributed by atoms with Gasteiger partial charge in [0.25, 0.3) is 15.2 Å². The van der Waals surface area contributed by atoms with Gasteiger partial charge in [0, 0.05) is 0 Å². The van der Waals surface area contributed by atoms with Crippen LogP contribution in [0.5, 0.6) is 5.19 Å². The van der Waals surface area contributed by atoms with Crippen LogP contribution >= 0.6 is 11.3 Å². The summed E-state index contributed by atoms with van der Waals surface area (Å²) in [5, 5.41) is 0.281. The molecule has 0 saturated carbocycles. The minimum atomic E-state index is -3.58. The number of hydrogen-bond acceptors (Lipinski definition) is 6. The summed E-state index contributed by atoms with van der Waals surface area (Å²) in [7, 11) is -2.18. The lowest BCUT2D eigenvalue weighted by atomic mass is 11.0. The summed E-state index contributed by atoms with van der Waals surface area (Å²) < 4.78 is 26.8. The fourth-order valence-electron chi connectivity index (χ4n) is 0.521. The van der Waals surface area contributed by atoms with Gasteiger partial charge in [0.05, 0.1) is 13.3 Å². The maximum absolute atomic E-state index is 11.0. The zero-order chi connectivity index (χ0) is 9.19. The van der Waals surface area contributed by atoms with Gasteiger partial charge < -0.3 is 4.74 Å². The van der Waals surface area contributed by atoms with Crippen molar-refractivity contribution >= 4 is 21.4 Å². The van der Waals surface area contributed by atoms with Crippen LogP contribution in [0, 0.1) is 0 Å². The Balaban J connectivity index is 3.05. The summed E-state index contributed by atoms with van der Waals surface area (Å²) >= 11 is 0.901. The molecule has 0 fully saturated rings. The van der Waals surface area contributed by atoms with Gasteiger partial charge in [-0.25, -0.2) is 13.4 Å². The highest BCUT2D eigenvalue weighted by atomic mass is 32.2. The number of thiazole rings is 1. The lowest BCUT2D eigenvalue weighted by molar-refractivity contribution is 0.412. The molecule has 68 valence electrons. The molecule has 0 atom stereocenters. The average molecular weight is 209 g/mol. The smallest absolute Gasteiger partial charge is 0.274 e. The minimum absolute atomic E-state index is 0.0295. The van der Waals surface area contributed by atoms with Gasteiger partial charge in [0.2, 0.25) is 0 Å². The molecule has 0 aromatic carbocycles. The molecule has 1 heterocycles. The average Bonchev–Trinajstić information content (AvgIpc) is 2.52. The van der Waals surface area contributed by atoms with E-state index in [-0.39, 0.29) is 9.40 Å². The lowest BCUT2D eigenvalue weighted by Gasteiger charge is -1.94. The first kappa shape index (κ1) is 9.39. The predicted octanol–water partition coefficient (Wildman–Crippen LogP) is -0.696. The van der Waals surface area contributed by atoms with Gasteiger partial charge >= 0.3 is 0 Å². The van der Waals surface area contributed by atoms with Crippen LogP contribution in [0.15, 0.2) is 10.4 Å². The van der Waals surface area contributed by atoms with Gasteiger partial charge in [-0.1, -0.05) is 11.3 Å². The van der Waals surface area contributed by atoms with E-state index in [1.165, 1.54) is 13.3 Å². The van der Waals surface area contributed by atoms with Crippen molar-refractivity contribution in [2.24, 2.45) is 5.84 Å². The number of methoxy groups -OCH3 is 1. The molecule has 8 heteroatoms. The molecule has 0 aliphatic rings. The first-order chi connectivity index (χ1) is 5.60. The fraction of sp³-hybridized carbons (Fsp3) is 0.250. The number of nitrogens with one attached hydrogen (secondary N) is 1. The van der Waals surface area contributed by atoms with E-state index in [1.54, 1.807) is 4.83 Å². The summed E-state index contributed by atoms with van der Waals surface area (Å²) in [6.45, 7) is 0. The van der Waals surface area contributed by atoms with E-state index < -0.39 is 10.0 Å². The Hall–Kier alpha value is -0.700. The summed E-state index contributed by atoms with van der Waals surface area (Å²) in [4.78, 5) is 5.35. The molecule has 1 rings (SSSR count). The summed E-state index contributed by atoms with van der Waals surface area (Å²) in [5.74, 6) is 4.79. The van der Waals surface area contributed by atoms with Gasteiger partial charge in [-0.15, -0.1) is 4.83 Å². The molecule has 0 amide bonds. The molecular weight excluding hydrogens is 202 g/mol. The molecule has 0 spiro atoms. The molecular formula is C4H7N3O3S2. The van der Waals surface area contributed by atoms with Crippen molar-refractivity contribution in [1.29, 1.82) is 0 Å². The van der Waals surface area contributed by atoms with Crippen LogP contribution in [-0.4, -0.2) is 20.5 Å². The number of rotatable bonds is 3. The third kappa shape index (κ3) is 1.72. The topological polar surface area (TPSA) is 94.3 Å². The van der Waals surface area contributed by atoms with Gasteiger partial charge in [0.15, 0.2) is 4.21 Å². The number of hydrogen-bond donors (Lipinski definition) is 2. The number of sulfonamides is 1. The van der Waals surface area contributed by atoms with Crippen LogP contribution in [0.2, 0.25) is 0 Å². The van der Waals surface area contributed by atoms with Crippen LogP contribution in [0.25, 0.3) is 0 Å². The van der Waals surface area contributed by atoms with Crippen molar-refractivity contribution in [1.82, 2.24) is 9.82 Å². The quantitative estimate of drug-likeness (QED) is 0.507. The maximum Gasteiger partial charge on any atom is 0.274 e. The zero-order valence-corrected chi connectivity index (χ0v) is 7.78. The van der Waals surface area contributed by atoms with Gasteiger partial charge in [0.1, 0.15) is 0 Å². The summed E-state index contributed by atoms with van der Waals surface area (Å²) in [5.41, 5.74) is 0. The standard InChI is InChI=1S/C4H7N3O3S2/c1-10-4-6-2-3(11-4)12(8,9)7-5/h2,7H,5H2,1H3. The second kappa shape index (κ2) is 3.35. The molecule has 0 bridgehead atoms. The Labute approximate surface area is 73.4 Å². The van der Waals surface area contributed by atoms with Crippen molar-refractivity contribution < 1.29 is 13.2 Å². The fourth-order valence-corrected chi connectivity index (χ4v) is 2.09. The predicted molar refractivity (Wildman–Crippen MR) is 43.2 cm³/mol. The van der Waals surface area contributed by atoms with Crippen LogP contribution in [0.1, 0.15) is 0 Å². The van der Waals surface area contributed by atoms with Crippen LogP contribution in [-0.2, 0) is 10.0 Å². The molecule has 12 heavy (non-hydrogen) atoms. The Morgan fingerprint density at radius 3 is 2.83 bits per heavy atom. The Morgan fingerprint density at radius 2 is 2.42 bits per heavy atom. The summed E-state index contributed by atoms with van der Waals surface area (Å²) in [6, 6.07) is 0. The van der Waals surface area contributed by atoms with E-state index >= 15 is 0 Å². The van der Waals surface area contributed by atoms with Crippen LogP contribution in [0.4, 0.5) is 0 Å². The number of nitrogens with two attached hydrogens (primary N) is 1. The van der Waals surface area contributed by atoms with Crippen molar-refractivity contribution in [3.05, 3.63) is 6.20 Å². The highest BCUT2D eigenvalue weighted by molar-refractivity contribution is 7.91. The third-order valence-corrected chi connectivity index (χ3v) is 3.66. The van der Waals surface area contributed by atoms with Crippen LogP contribution < -0.4 is 15.4 Å². The van der Waals surface area contributed by atoms with Crippen molar-refractivity contribution in [3.8, 4) is 5.19 Å². The third-order valence-electron chi connectivity index (χ3n) is 1.06. The van der Waals surface area contributed by atoms with Gasteiger partial charge in [-0.2, -0.15) is 0 Å². The van der Waals surface area contributed by atoms with E-state index in [4.69, 9.17) is 10.6 Å². The van der Waals surface area contributed by atoms with Crippen molar-refractivity contribution in [2.75, 3.05) is 7.11 Å². The number of hydrazine groups is 1. The largest absolute Gasteiger partial charge is 0.473 e. The van der Waals surface area contributed by atoms with Gasteiger partial charge in [-0.05, 0) is 0 Å². The first-order valence-electron chi connectivity index (χ1n) is 2.82. The molecule has 0 unspecified atom stereocenters. The molecule has 0 aliphatic heterocycles. The van der Waals surface area contributed by atoms with E-state index in [0.29, 0.717) is 0 Å². The normalized spacial score (nSPS) is 11.5. The molecule has 0 saturated heterocycles. The lowest BCUT2D eigenvalue weighted by Crippen LogP contribution is -2.29. The van der Waals surface area contributed by atoms with Crippen molar-refractivity contribution in [3.63, 3.8) is 0 Å². The molecule has 6 nitrogen and oxygen atoms in total. The Morgan fingerprint density at radius 1 is 1.75 bits per heavy atom. The second-order valence-electron chi connectivity index (χ2n) is 1.77. The minimum Gasteiger partial charge on any atom is -0.473 e. The molecule has 0 radical (unpaired) electrons. The van der Waals surface area contributed by atoms with E-state index in [1.807, 2.05) is 0 Å². The maximum atomic E-state index is 11.0. The monoisotopic (exact) mass is 209 g/mol. The van der Waals surface area contributed by atoms with E-state index in [9.17, 15) is 8.42 Å². The number of aromatic nitrogens is 1. The van der Waals surface area contributed by atoms with Crippen LogP contribution in [0.3, 0.4) is 0 Å². The second-order valence-corrected chi connectivity index (χ2v) is 4.70. The van der Waals surface area contributed by atoms with E-state index in [2.05, 4.69) is 4.98 Å². The first-order valence-corrected chi connectivity index (χ1v) is 5.12. The molecule has 0 aliphatic carbocycles. The van der Waals surface area contributed by atoms with Crippen molar-refractivity contribution in [2.45, 2.75) is 4.21 Å². The summed E-state index contributed by atoms with van der Waals surface area (Å²) in [6.07, 6.45) is 1.18. The highest BCUT2D eigenvalue weighted by Crippen LogP contribution is 2.23. The zero-order valence-electron chi connectivity index (χ0n) is 6.14. The Bertz CT molecular complexity index is 357. The van der Waals surface area contributed by atoms with E-state index in [0.717, 1.165) is 11.3 Å². The number of nitrogens with zero attached hydrogens (tertiary/aromatic N) is 1. The van der Waals surface area contributed by atoms with Gasteiger partial charge in [-0.3, -0.25) is 5.84 Å². The Kier molecular flexibility index (Phi) is 2.62. The molecule has 1 aromatic heterocycles.